The fourth-order valence-electron chi connectivity index (χ4n) is 4.23. The fourth-order valence-corrected chi connectivity index (χ4v) is 5.34. The molecule has 0 aliphatic carbocycles. The van der Waals surface area contributed by atoms with Crippen LogP contribution in [0.25, 0.3) is 10.2 Å². The van der Waals surface area contributed by atoms with Gasteiger partial charge in [-0.3, -0.25) is 4.79 Å². The van der Waals surface area contributed by atoms with Crippen LogP contribution in [0, 0.1) is 13.8 Å². The van der Waals surface area contributed by atoms with E-state index in [1.165, 1.54) is 38.2 Å². The Balaban J connectivity index is 1.72. The first-order valence-electron chi connectivity index (χ1n) is 11.9. The number of ether oxygens (including phenoxy) is 3. The number of hydrogen-bond acceptors (Lipinski definition) is 8. The normalized spacial score (nSPS) is 11.1. The van der Waals surface area contributed by atoms with Crippen LogP contribution in [0.4, 0.5) is 17.2 Å². The summed E-state index contributed by atoms with van der Waals surface area (Å²) in [6.45, 7) is 8.15. The molecule has 0 unspecified atom stereocenters. The van der Waals surface area contributed by atoms with Gasteiger partial charge in [0, 0.05) is 30.6 Å². The van der Waals surface area contributed by atoms with Gasteiger partial charge in [-0.25, -0.2) is 9.97 Å². The second kappa shape index (κ2) is 10.6. The molecule has 9 heteroatoms. The first kappa shape index (κ1) is 26.2. The molecule has 0 saturated heterocycles. The number of aromatic nitrogens is 2. The molecule has 37 heavy (non-hydrogen) atoms. The van der Waals surface area contributed by atoms with E-state index in [1.807, 2.05) is 25.8 Å². The largest absolute Gasteiger partial charge is 0.493 e. The summed E-state index contributed by atoms with van der Waals surface area (Å²) in [7, 11) is 6.59. The molecule has 2 aromatic carbocycles. The van der Waals surface area contributed by atoms with Gasteiger partial charge in [0.1, 0.15) is 16.5 Å². The van der Waals surface area contributed by atoms with Crippen molar-refractivity contribution in [3.05, 3.63) is 58.2 Å². The maximum absolute atomic E-state index is 13.4. The summed E-state index contributed by atoms with van der Waals surface area (Å²) in [5.41, 5.74) is 3.64. The fraction of sp³-hybridized carbons (Fsp3) is 0.321. The summed E-state index contributed by atoms with van der Waals surface area (Å²) in [6.07, 6.45) is 0. The van der Waals surface area contributed by atoms with Gasteiger partial charge in [-0.2, -0.15) is 0 Å². The van der Waals surface area contributed by atoms with Gasteiger partial charge in [-0.15, -0.1) is 11.3 Å². The van der Waals surface area contributed by atoms with Crippen molar-refractivity contribution in [2.75, 3.05) is 38.6 Å². The SMILES string of the molecule is COc1cc(NC(=O)c2sc3nc(C)nc(N(C)c4ccc(C(C)C)cc4)c3c2C)cc(OC)c1OC. The first-order valence-corrected chi connectivity index (χ1v) is 12.7. The molecule has 8 nitrogen and oxygen atoms in total. The highest BCUT2D eigenvalue weighted by atomic mass is 32.1. The van der Waals surface area contributed by atoms with Gasteiger partial charge in [-0.1, -0.05) is 26.0 Å². The van der Waals surface area contributed by atoms with Crippen LogP contribution in [0.5, 0.6) is 17.2 Å². The summed E-state index contributed by atoms with van der Waals surface area (Å²) in [5.74, 6) is 2.99. The highest BCUT2D eigenvalue weighted by Crippen LogP contribution is 2.41. The van der Waals surface area contributed by atoms with Gasteiger partial charge >= 0.3 is 0 Å². The summed E-state index contributed by atoms with van der Waals surface area (Å²) in [5, 5.41) is 3.83. The number of carbonyl (C=O) groups is 1. The van der Waals surface area contributed by atoms with Gasteiger partial charge in [0.25, 0.3) is 5.91 Å². The number of aryl methyl sites for hydroxylation is 2. The van der Waals surface area contributed by atoms with E-state index in [0.29, 0.717) is 39.6 Å². The van der Waals surface area contributed by atoms with E-state index in [-0.39, 0.29) is 5.91 Å². The quantitative estimate of drug-likeness (QED) is 0.285. The number of anilines is 3. The summed E-state index contributed by atoms with van der Waals surface area (Å²) in [6, 6.07) is 11.9. The van der Waals surface area contributed by atoms with Crippen LogP contribution >= 0.6 is 11.3 Å². The van der Waals surface area contributed by atoms with Crippen molar-refractivity contribution in [1.82, 2.24) is 9.97 Å². The predicted octanol–water partition coefficient (Wildman–Crippen LogP) is 6.48. The number of amides is 1. The zero-order valence-corrected chi connectivity index (χ0v) is 23.2. The van der Waals surface area contributed by atoms with Crippen molar-refractivity contribution in [3.63, 3.8) is 0 Å². The minimum absolute atomic E-state index is 0.248. The maximum Gasteiger partial charge on any atom is 0.266 e. The Morgan fingerprint density at radius 2 is 1.59 bits per heavy atom. The lowest BCUT2D eigenvalue weighted by Crippen LogP contribution is -2.14. The Morgan fingerprint density at radius 1 is 0.973 bits per heavy atom. The molecule has 4 rings (SSSR count). The maximum atomic E-state index is 13.4. The zero-order chi connectivity index (χ0) is 26.9. The van der Waals surface area contributed by atoms with Crippen molar-refractivity contribution >= 4 is 44.7 Å². The lowest BCUT2D eigenvalue weighted by atomic mass is 10.0. The second-order valence-corrected chi connectivity index (χ2v) is 10.0. The van der Waals surface area contributed by atoms with E-state index in [2.05, 4.69) is 48.4 Å². The Morgan fingerprint density at radius 3 is 2.14 bits per heavy atom. The molecule has 0 spiro atoms. The number of rotatable bonds is 8. The molecule has 0 fully saturated rings. The van der Waals surface area contributed by atoms with Crippen molar-refractivity contribution in [2.24, 2.45) is 0 Å². The molecule has 0 bridgehead atoms. The standard InChI is InChI=1S/C28H32N4O4S/c1-15(2)18-9-11-20(12-10-18)32(5)26-23-16(3)25(37-28(23)30-17(4)29-26)27(33)31-19-13-21(34-6)24(36-8)22(14-19)35-7/h9-15H,1-8H3,(H,31,33). The number of hydrogen-bond donors (Lipinski definition) is 1. The molecule has 4 aromatic rings. The number of carbonyl (C=O) groups excluding carboxylic acids is 1. The Bertz CT molecular complexity index is 1420. The number of nitrogens with one attached hydrogen (secondary N) is 1. The van der Waals surface area contributed by atoms with Crippen LogP contribution in [0.3, 0.4) is 0 Å². The lowest BCUT2D eigenvalue weighted by Gasteiger charge is -2.20. The molecule has 0 saturated carbocycles. The third-order valence-electron chi connectivity index (χ3n) is 6.28. The number of methoxy groups -OCH3 is 3. The predicted molar refractivity (Wildman–Crippen MR) is 150 cm³/mol. The van der Waals surface area contributed by atoms with E-state index in [1.54, 1.807) is 12.1 Å². The Labute approximate surface area is 221 Å². The monoisotopic (exact) mass is 520 g/mol. The van der Waals surface area contributed by atoms with Crippen LogP contribution < -0.4 is 24.4 Å². The van der Waals surface area contributed by atoms with Crippen molar-refractivity contribution in [3.8, 4) is 17.2 Å². The van der Waals surface area contributed by atoms with Gasteiger partial charge in [0.2, 0.25) is 5.75 Å². The third kappa shape index (κ3) is 5.04. The van der Waals surface area contributed by atoms with E-state index < -0.39 is 0 Å². The smallest absolute Gasteiger partial charge is 0.266 e. The van der Waals surface area contributed by atoms with E-state index in [9.17, 15) is 4.79 Å². The Hall–Kier alpha value is -3.85. The average Bonchev–Trinajstić information content (AvgIpc) is 3.23. The number of thiophene rings is 1. The molecule has 194 valence electrons. The molecule has 2 heterocycles. The van der Waals surface area contributed by atoms with Gasteiger partial charge in [0.15, 0.2) is 11.5 Å². The summed E-state index contributed by atoms with van der Waals surface area (Å²) in [4.78, 5) is 26.2. The number of nitrogens with zero attached hydrogens (tertiary/aromatic N) is 3. The van der Waals surface area contributed by atoms with Crippen molar-refractivity contribution in [1.29, 1.82) is 0 Å². The molecule has 0 radical (unpaired) electrons. The van der Waals surface area contributed by atoms with E-state index in [4.69, 9.17) is 19.2 Å². The molecule has 1 N–H and O–H groups in total. The highest BCUT2D eigenvalue weighted by molar-refractivity contribution is 7.20. The molecule has 0 aliphatic rings. The van der Waals surface area contributed by atoms with Crippen LogP contribution in [0.1, 0.15) is 46.4 Å². The molecule has 0 aliphatic heterocycles. The highest BCUT2D eigenvalue weighted by Gasteiger charge is 2.23. The van der Waals surface area contributed by atoms with Gasteiger partial charge in [-0.05, 0) is 43.0 Å². The summed E-state index contributed by atoms with van der Waals surface area (Å²) < 4.78 is 16.2. The number of fused-ring (bicyclic) bond motifs is 1. The molecular formula is C28H32N4O4S. The molecule has 1 amide bonds. The van der Waals surface area contributed by atoms with Crippen LogP contribution in [-0.2, 0) is 0 Å². The average molecular weight is 521 g/mol. The topological polar surface area (TPSA) is 85.8 Å². The molecule has 2 aromatic heterocycles. The Kier molecular flexibility index (Phi) is 7.54. The summed E-state index contributed by atoms with van der Waals surface area (Å²) >= 11 is 1.35. The van der Waals surface area contributed by atoms with Gasteiger partial charge < -0.3 is 24.4 Å². The number of benzene rings is 2. The zero-order valence-electron chi connectivity index (χ0n) is 22.4. The second-order valence-electron chi connectivity index (χ2n) is 9.00. The molecular weight excluding hydrogens is 488 g/mol. The van der Waals surface area contributed by atoms with Crippen molar-refractivity contribution in [2.45, 2.75) is 33.6 Å². The van der Waals surface area contributed by atoms with E-state index in [0.717, 1.165) is 27.3 Å². The third-order valence-corrected chi connectivity index (χ3v) is 7.46. The van der Waals surface area contributed by atoms with E-state index >= 15 is 0 Å². The minimum atomic E-state index is -0.248. The van der Waals surface area contributed by atoms with Crippen LogP contribution in [0.2, 0.25) is 0 Å². The first-order chi connectivity index (χ1) is 17.7. The minimum Gasteiger partial charge on any atom is -0.493 e. The van der Waals surface area contributed by atoms with Gasteiger partial charge in [0.05, 0.1) is 31.6 Å². The molecule has 0 atom stereocenters. The van der Waals surface area contributed by atoms with Crippen molar-refractivity contribution < 1.29 is 19.0 Å². The lowest BCUT2D eigenvalue weighted by molar-refractivity contribution is 0.103. The van der Waals surface area contributed by atoms with Crippen LogP contribution in [0.15, 0.2) is 36.4 Å². The van der Waals surface area contributed by atoms with Crippen LogP contribution in [-0.4, -0.2) is 44.3 Å².